The number of carbonyl (C=O) groups is 1. The van der Waals surface area contributed by atoms with Gasteiger partial charge in [0.15, 0.2) is 0 Å². The van der Waals surface area contributed by atoms with E-state index in [0.717, 1.165) is 0 Å². The van der Waals surface area contributed by atoms with E-state index < -0.39 is 24.4 Å². The predicted octanol–water partition coefficient (Wildman–Crippen LogP) is 0.550. The Balaban J connectivity index is 2.23. The average molecular weight is 203 g/mol. The monoisotopic (exact) mass is 203 g/mol. The standard InChI is InChI=1S/C9H11F2NO2/c1-2-3-4-12-6-7-5-9(10,11)8(13)14-7/h1,7,12H,3-6H2. The summed E-state index contributed by atoms with van der Waals surface area (Å²) in [4.78, 5) is 10.6. The first-order valence-corrected chi connectivity index (χ1v) is 4.29. The zero-order chi connectivity index (χ0) is 10.6. The molecule has 1 aliphatic rings. The highest BCUT2D eigenvalue weighted by Crippen LogP contribution is 2.30. The van der Waals surface area contributed by atoms with E-state index in [2.05, 4.69) is 16.0 Å². The molecule has 0 radical (unpaired) electrons. The van der Waals surface area contributed by atoms with Crippen LogP contribution in [0.3, 0.4) is 0 Å². The van der Waals surface area contributed by atoms with Crippen LogP contribution in [0.15, 0.2) is 0 Å². The van der Waals surface area contributed by atoms with E-state index in [4.69, 9.17) is 6.42 Å². The molecule has 1 N–H and O–H groups in total. The van der Waals surface area contributed by atoms with Crippen LogP contribution in [0.25, 0.3) is 0 Å². The van der Waals surface area contributed by atoms with Gasteiger partial charge in [0.05, 0.1) is 6.42 Å². The van der Waals surface area contributed by atoms with Gasteiger partial charge in [-0.3, -0.25) is 0 Å². The Bertz CT molecular complexity index is 260. The molecule has 78 valence electrons. The smallest absolute Gasteiger partial charge is 0.377 e. The summed E-state index contributed by atoms with van der Waals surface area (Å²) in [6.45, 7) is 0.763. The first kappa shape index (κ1) is 10.9. The second-order valence-electron chi connectivity index (χ2n) is 3.09. The first-order chi connectivity index (χ1) is 6.56. The second kappa shape index (κ2) is 4.38. The SMILES string of the molecule is C#CCCNCC1CC(F)(F)C(=O)O1. The molecule has 1 aliphatic heterocycles. The lowest BCUT2D eigenvalue weighted by Gasteiger charge is -2.08. The highest BCUT2D eigenvalue weighted by Gasteiger charge is 2.50. The maximum absolute atomic E-state index is 12.6. The van der Waals surface area contributed by atoms with E-state index in [1.807, 2.05) is 0 Å². The Kier molecular flexibility index (Phi) is 3.42. The first-order valence-electron chi connectivity index (χ1n) is 4.29. The Morgan fingerprint density at radius 2 is 2.43 bits per heavy atom. The van der Waals surface area contributed by atoms with Crippen molar-refractivity contribution in [2.24, 2.45) is 0 Å². The second-order valence-corrected chi connectivity index (χ2v) is 3.09. The van der Waals surface area contributed by atoms with Crippen molar-refractivity contribution in [3.05, 3.63) is 0 Å². The van der Waals surface area contributed by atoms with Crippen molar-refractivity contribution in [3.63, 3.8) is 0 Å². The van der Waals surface area contributed by atoms with Gasteiger partial charge in [-0.1, -0.05) is 0 Å². The maximum Gasteiger partial charge on any atom is 0.377 e. The number of rotatable bonds is 4. The third kappa shape index (κ3) is 2.67. The molecule has 1 unspecified atom stereocenters. The van der Waals surface area contributed by atoms with Crippen LogP contribution in [0.5, 0.6) is 0 Å². The molecule has 1 rings (SSSR count). The minimum Gasteiger partial charge on any atom is -0.456 e. The number of cyclic esters (lactones) is 1. The minimum atomic E-state index is -3.32. The highest BCUT2D eigenvalue weighted by molar-refractivity contribution is 5.79. The van der Waals surface area contributed by atoms with Gasteiger partial charge in [0.25, 0.3) is 0 Å². The van der Waals surface area contributed by atoms with Gasteiger partial charge >= 0.3 is 11.9 Å². The van der Waals surface area contributed by atoms with Crippen LogP contribution in [0.4, 0.5) is 8.78 Å². The number of ether oxygens (including phenoxy) is 1. The summed E-state index contributed by atoms with van der Waals surface area (Å²) in [5.74, 6) is -2.35. The van der Waals surface area contributed by atoms with Gasteiger partial charge < -0.3 is 10.1 Å². The quantitative estimate of drug-likeness (QED) is 0.412. The fourth-order valence-corrected chi connectivity index (χ4v) is 1.19. The van der Waals surface area contributed by atoms with E-state index in [0.29, 0.717) is 13.0 Å². The van der Waals surface area contributed by atoms with Gasteiger partial charge in [-0.05, 0) is 0 Å². The molecule has 14 heavy (non-hydrogen) atoms. The Hall–Kier alpha value is -1.15. The minimum absolute atomic E-state index is 0.225. The van der Waals surface area contributed by atoms with E-state index >= 15 is 0 Å². The molecule has 3 nitrogen and oxygen atoms in total. The molecule has 1 saturated heterocycles. The summed E-state index contributed by atoms with van der Waals surface area (Å²) in [6, 6.07) is 0. The van der Waals surface area contributed by atoms with Crippen LogP contribution in [-0.2, 0) is 9.53 Å². The molecule has 0 amide bonds. The Morgan fingerprint density at radius 3 is 2.93 bits per heavy atom. The van der Waals surface area contributed by atoms with Crippen LogP contribution in [0.1, 0.15) is 12.8 Å². The summed E-state index contributed by atoms with van der Waals surface area (Å²) in [5.41, 5.74) is 0. The van der Waals surface area contributed by atoms with Crippen molar-refractivity contribution in [1.82, 2.24) is 5.32 Å². The maximum atomic E-state index is 12.6. The van der Waals surface area contributed by atoms with Gasteiger partial charge in [0.1, 0.15) is 6.10 Å². The van der Waals surface area contributed by atoms with E-state index in [1.54, 1.807) is 0 Å². The van der Waals surface area contributed by atoms with E-state index in [-0.39, 0.29) is 6.54 Å². The fraction of sp³-hybridized carbons (Fsp3) is 0.667. The normalized spacial score (nSPS) is 24.4. The Labute approximate surface area is 80.8 Å². The van der Waals surface area contributed by atoms with Crippen molar-refractivity contribution in [2.75, 3.05) is 13.1 Å². The third-order valence-corrected chi connectivity index (χ3v) is 1.87. The van der Waals surface area contributed by atoms with Crippen molar-refractivity contribution in [3.8, 4) is 12.3 Å². The number of hydrogen-bond acceptors (Lipinski definition) is 3. The molecule has 0 aromatic heterocycles. The number of hydrogen-bond donors (Lipinski definition) is 1. The summed E-state index contributed by atoms with van der Waals surface area (Å²) in [7, 11) is 0. The number of nitrogens with one attached hydrogen (secondary N) is 1. The van der Waals surface area contributed by atoms with Crippen LogP contribution in [0.2, 0.25) is 0 Å². The largest absolute Gasteiger partial charge is 0.456 e. The summed E-state index contributed by atoms with van der Waals surface area (Å²) in [6.07, 6.45) is 4.23. The summed E-state index contributed by atoms with van der Waals surface area (Å²) >= 11 is 0. The molecule has 0 saturated carbocycles. The molecule has 0 aromatic rings. The highest BCUT2D eigenvalue weighted by atomic mass is 19.3. The molecule has 0 bridgehead atoms. The van der Waals surface area contributed by atoms with Crippen molar-refractivity contribution in [1.29, 1.82) is 0 Å². The number of esters is 1. The summed E-state index contributed by atoms with van der Waals surface area (Å²) in [5, 5.41) is 2.83. The fourth-order valence-electron chi connectivity index (χ4n) is 1.19. The topological polar surface area (TPSA) is 38.3 Å². The predicted molar refractivity (Wildman–Crippen MR) is 45.8 cm³/mol. The molecule has 5 heteroatoms. The summed E-state index contributed by atoms with van der Waals surface area (Å²) < 4.78 is 29.7. The molecule has 0 aromatic carbocycles. The van der Waals surface area contributed by atoms with Crippen molar-refractivity contribution in [2.45, 2.75) is 24.9 Å². The number of alkyl halides is 2. The van der Waals surface area contributed by atoms with Crippen LogP contribution in [-0.4, -0.2) is 31.1 Å². The average Bonchev–Trinajstić information content (AvgIpc) is 2.35. The molecular formula is C9H11F2NO2. The molecular weight excluding hydrogens is 192 g/mol. The molecule has 0 aliphatic carbocycles. The lowest BCUT2D eigenvalue weighted by atomic mass is 10.2. The molecule has 1 heterocycles. The lowest BCUT2D eigenvalue weighted by molar-refractivity contribution is -0.158. The Morgan fingerprint density at radius 1 is 1.71 bits per heavy atom. The van der Waals surface area contributed by atoms with Gasteiger partial charge in [-0.15, -0.1) is 12.3 Å². The number of terminal acetylenes is 1. The third-order valence-electron chi connectivity index (χ3n) is 1.87. The van der Waals surface area contributed by atoms with Crippen molar-refractivity contribution >= 4 is 5.97 Å². The van der Waals surface area contributed by atoms with Crippen LogP contribution < -0.4 is 5.32 Å². The van der Waals surface area contributed by atoms with Crippen molar-refractivity contribution < 1.29 is 18.3 Å². The van der Waals surface area contributed by atoms with Crippen LogP contribution >= 0.6 is 0 Å². The zero-order valence-corrected chi connectivity index (χ0v) is 7.56. The molecule has 1 fully saturated rings. The zero-order valence-electron chi connectivity index (χ0n) is 7.56. The van der Waals surface area contributed by atoms with Gasteiger partial charge in [0.2, 0.25) is 0 Å². The van der Waals surface area contributed by atoms with E-state index in [9.17, 15) is 13.6 Å². The van der Waals surface area contributed by atoms with E-state index in [1.165, 1.54) is 0 Å². The van der Waals surface area contributed by atoms with Gasteiger partial charge in [-0.2, -0.15) is 8.78 Å². The van der Waals surface area contributed by atoms with Gasteiger partial charge in [-0.25, -0.2) is 4.79 Å². The number of carbonyl (C=O) groups excluding carboxylic acids is 1. The van der Waals surface area contributed by atoms with Gasteiger partial charge in [0, 0.05) is 19.5 Å². The number of halogens is 2. The van der Waals surface area contributed by atoms with Crippen LogP contribution in [0, 0.1) is 12.3 Å². The lowest BCUT2D eigenvalue weighted by Crippen LogP contribution is -2.27. The molecule has 1 atom stereocenters. The molecule has 0 spiro atoms.